The highest BCUT2D eigenvalue weighted by Gasteiger charge is 2.31. The van der Waals surface area contributed by atoms with E-state index in [9.17, 15) is 9.18 Å². The fourth-order valence-electron chi connectivity index (χ4n) is 3.12. The van der Waals surface area contributed by atoms with Gasteiger partial charge in [0.15, 0.2) is 0 Å². The lowest BCUT2D eigenvalue weighted by molar-refractivity contribution is 0.0628. The smallest absolute Gasteiger partial charge is 0.272 e. The van der Waals surface area contributed by atoms with Gasteiger partial charge in [-0.2, -0.15) is 0 Å². The van der Waals surface area contributed by atoms with Crippen LogP contribution in [0.15, 0.2) is 30.5 Å². The average molecular weight is 314 g/mol. The van der Waals surface area contributed by atoms with Crippen LogP contribution >= 0.6 is 0 Å². The van der Waals surface area contributed by atoms with Gasteiger partial charge >= 0.3 is 0 Å². The Morgan fingerprint density at radius 3 is 3.00 bits per heavy atom. The van der Waals surface area contributed by atoms with Crippen molar-refractivity contribution < 1.29 is 9.18 Å². The minimum atomic E-state index is -0.280. The lowest BCUT2D eigenvalue weighted by atomic mass is 10.0. The number of H-pyrrole nitrogens is 1. The van der Waals surface area contributed by atoms with E-state index >= 15 is 0 Å². The van der Waals surface area contributed by atoms with Gasteiger partial charge < -0.3 is 15.2 Å². The molecule has 1 aliphatic heterocycles. The molecular weight excluding hydrogens is 295 g/mol. The molecule has 2 N–H and O–H groups in total. The van der Waals surface area contributed by atoms with Gasteiger partial charge in [0.1, 0.15) is 17.3 Å². The summed E-state index contributed by atoms with van der Waals surface area (Å²) in [5.74, 6) is 1.04. The molecular formula is C17H19FN4O. The highest BCUT2D eigenvalue weighted by atomic mass is 19.1. The van der Waals surface area contributed by atoms with E-state index in [0.717, 1.165) is 30.8 Å². The van der Waals surface area contributed by atoms with Crippen molar-refractivity contribution in [3.63, 3.8) is 0 Å². The number of amides is 1. The minimum absolute atomic E-state index is 0.0693. The first kappa shape index (κ1) is 14.4. The number of hydrogen-bond acceptors (Lipinski definition) is 3. The van der Waals surface area contributed by atoms with Crippen LogP contribution in [-0.2, 0) is 0 Å². The summed E-state index contributed by atoms with van der Waals surface area (Å²) < 4.78 is 13.5. The Bertz CT molecular complexity index is 725. The second-order valence-corrected chi connectivity index (χ2v) is 6.23. The van der Waals surface area contributed by atoms with E-state index in [1.54, 1.807) is 17.2 Å². The van der Waals surface area contributed by atoms with E-state index in [1.807, 2.05) is 6.07 Å². The number of rotatable bonds is 3. The second-order valence-electron chi connectivity index (χ2n) is 6.23. The van der Waals surface area contributed by atoms with Crippen LogP contribution in [0.1, 0.15) is 46.7 Å². The summed E-state index contributed by atoms with van der Waals surface area (Å²) in [6.45, 7) is 1.96. The number of nitrogens with zero attached hydrogens (tertiary/aromatic N) is 2. The maximum absolute atomic E-state index is 13.5. The van der Waals surface area contributed by atoms with E-state index in [-0.39, 0.29) is 17.8 Å². The number of aromatic amines is 1. The lowest BCUT2D eigenvalue weighted by Crippen LogP contribution is -2.48. The molecule has 2 heterocycles. The molecule has 6 heteroatoms. The predicted molar refractivity (Wildman–Crippen MR) is 83.6 cm³/mol. The molecule has 1 amide bonds. The highest BCUT2D eigenvalue weighted by Crippen LogP contribution is 2.38. The first-order valence-corrected chi connectivity index (χ1v) is 8.04. The molecule has 23 heavy (non-hydrogen) atoms. The molecule has 0 radical (unpaired) electrons. The minimum Gasteiger partial charge on any atom is -0.338 e. The number of imidazole rings is 1. The van der Waals surface area contributed by atoms with Crippen molar-refractivity contribution >= 4 is 5.91 Å². The van der Waals surface area contributed by atoms with Crippen molar-refractivity contribution in [1.82, 2.24) is 20.2 Å². The standard InChI is InChI=1S/C17H19FN4O/c18-13-3-1-2-12(8-13)15-10-19-6-7-22(15)17(23)14-9-20-16(21-14)11-4-5-11/h1-3,8-9,11,15,19H,4-7,10H2,(H,20,21). The molecule has 1 aromatic carbocycles. The molecule has 120 valence electrons. The van der Waals surface area contributed by atoms with Crippen LogP contribution < -0.4 is 5.32 Å². The van der Waals surface area contributed by atoms with Gasteiger partial charge in [-0.3, -0.25) is 4.79 Å². The number of carbonyl (C=O) groups excluding carboxylic acids is 1. The molecule has 2 aliphatic rings. The van der Waals surface area contributed by atoms with Gasteiger partial charge in [-0.15, -0.1) is 0 Å². The molecule has 4 rings (SSSR count). The fourth-order valence-corrected chi connectivity index (χ4v) is 3.12. The van der Waals surface area contributed by atoms with Crippen LogP contribution in [0.3, 0.4) is 0 Å². The Labute approximate surface area is 133 Å². The normalized spacial score (nSPS) is 21.4. The molecule has 1 unspecified atom stereocenters. The van der Waals surface area contributed by atoms with Gasteiger partial charge in [-0.05, 0) is 30.5 Å². The van der Waals surface area contributed by atoms with Gasteiger partial charge in [-0.1, -0.05) is 12.1 Å². The Kier molecular flexibility index (Phi) is 3.61. The third-order valence-corrected chi connectivity index (χ3v) is 4.53. The molecule has 1 saturated heterocycles. The van der Waals surface area contributed by atoms with Crippen molar-refractivity contribution in [3.05, 3.63) is 53.4 Å². The Hall–Kier alpha value is -2.21. The lowest BCUT2D eigenvalue weighted by Gasteiger charge is -2.36. The van der Waals surface area contributed by atoms with E-state index in [0.29, 0.717) is 24.7 Å². The molecule has 2 fully saturated rings. The van der Waals surface area contributed by atoms with Crippen molar-refractivity contribution in [1.29, 1.82) is 0 Å². The quantitative estimate of drug-likeness (QED) is 0.913. The van der Waals surface area contributed by atoms with Crippen LogP contribution in [0.2, 0.25) is 0 Å². The van der Waals surface area contributed by atoms with E-state index in [4.69, 9.17) is 0 Å². The zero-order chi connectivity index (χ0) is 15.8. The van der Waals surface area contributed by atoms with Crippen LogP contribution in [0.25, 0.3) is 0 Å². The monoisotopic (exact) mass is 314 g/mol. The summed E-state index contributed by atoms with van der Waals surface area (Å²) in [5, 5.41) is 3.28. The highest BCUT2D eigenvalue weighted by molar-refractivity contribution is 5.92. The number of carbonyl (C=O) groups is 1. The fraction of sp³-hybridized carbons (Fsp3) is 0.412. The average Bonchev–Trinajstić information content (AvgIpc) is 3.31. The zero-order valence-electron chi connectivity index (χ0n) is 12.8. The molecule has 5 nitrogen and oxygen atoms in total. The third kappa shape index (κ3) is 2.86. The summed E-state index contributed by atoms with van der Waals surface area (Å²) >= 11 is 0. The van der Waals surface area contributed by atoms with Gasteiger partial charge in [-0.25, -0.2) is 9.37 Å². The number of piperazine rings is 1. The van der Waals surface area contributed by atoms with Crippen molar-refractivity contribution in [3.8, 4) is 0 Å². The van der Waals surface area contributed by atoms with E-state index in [2.05, 4.69) is 15.3 Å². The molecule has 1 aliphatic carbocycles. The van der Waals surface area contributed by atoms with Gasteiger partial charge in [0, 0.05) is 25.6 Å². The maximum Gasteiger partial charge on any atom is 0.272 e. The predicted octanol–water partition coefficient (Wildman–Crippen LogP) is 2.21. The van der Waals surface area contributed by atoms with Crippen LogP contribution in [0.4, 0.5) is 4.39 Å². The summed E-state index contributed by atoms with van der Waals surface area (Å²) in [6, 6.07) is 6.30. The molecule has 0 spiro atoms. The number of halogens is 1. The van der Waals surface area contributed by atoms with Gasteiger partial charge in [0.05, 0.1) is 12.2 Å². The zero-order valence-corrected chi connectivity index (χ0v) is 12.8. The van der Waals surface area contributed by atoms with E-state index < -0.39 is 0 Å². The molecule has 1 saturated carbocycles. The third-order valence-electron chi connectivity index (χ3n) is 4.53. The van der Waals surface area contributed by atoms with E-state index in [1.165, 1.54) is 12.1 Å². The summed E-state index contributed by atoms with van der Waals surface area (Å²) in [5.41, 5.74) is 1.34. The van der Waals surface area contributed by atoms with Crippen molar-refractivity contribution in [2.24, 2.45) is 0 Å². The van der Waals surface area contributed by atoms with Crippen LogP contribution in [0.5, 0.6) is 0 Å². The number of nitrogens with one attached hydrogen (secondary N) is 2. The van der Waals surface area contributed by atoms with Gasteiger partial charge in [0.25, 0.3) is 5.91 Å². The topological polar surface area (TPSA) is 61.0 Å². The Morgan fingerprint density at radius 1 is 1.35 bits per heavy atom. The van der Waals surface area contributed by atoms with Crippen LogP contribution in [0, 0.1) is 5.82 Å². The molecule has 1 atom stereocenters. The van der Waals surface area contributed by atoms with Gasteiger partial charge in [0.2, 0.25) is 0 Å². The number of benzene rings is 1. The maximum atomic E-state index is 13.5. The Balaban J connectivity index is 1.59. The molecule has 2 aromatic rings. The first-order valence-electron chi connectivity index (χ1n) is 8.04. The molecule has 1 aromatic heterocycles. The van der Waals surface area contributed by atoms with Crippen LogP contribution in [-0.4, -0.2) is 40.4 Å². The molecule has 0 bridgehead atoms. The largest absolute Gasteiger partial charge is 0.338 e. The second kappa shape index (κ2) is 5.77. The SMILES string of the molecule is O=C(c1cnc(C2CC2)[nH]1)N1CCNCC1c1cccc(F)c1. The summed E-state index contributed by atoms with van der Waals surface area (Å²) in [7, 11) is 0. The summed E-state index contributed by atoms with van der Waals surface area (Å²) in [6.07, 6.45) is 3.90. The summed E-state index contributed by atoms with van der Waals surface area (Å²) in [4.78, 5) is 22.1. The Morgan fingerprint density at radius 2 is 2.22 bits per heavy atom. The van der Waals surface area contributed by atoms with Crippen molar-refractivity contribution in [2.75, 3.05) is 19.6 Å². The number of hydrogen-bond donors (Lipinski definition) is 2. The number of aromatic nitrogens is 2. The first-order chi connectivity index (χ1) is 11.2. The van der Waals surface area contributed by atoms with Crippen molar-refractivity contribution in [2.45, 2.75) is 24.8 Å².